The van der Waals surface area contributed by atoms with Gasteiger partial charge in [-0.05, 0) is 86.1 Å². The molecule has 1 fully saturated rings. The molecule has 1 heterocycles. The maximum Gasteiger partial charge on any atom is 0.230 e. The van der Waals surface area contributed by atoms with Crippen LogP contribution in [-0.4, -0.2) is 44.3 Å². The zero-order valence-corrected chi connectivity index (χ0v) is 27.4. The standard InChI is InChI=1S/C37H40FN3O4Si/c1-46(2,3)45-34(27-9-5-4-6-10-27)22-21-32(36(43)41-23-24-44-37(41)31-11-7-8-12-33(31)42)35(28-15-13-26(25-39)14-16-28)40-30-19-17-29(38)18-20-30/h4-20,31-32,34-35,37,40H,21-24H2,1-3H3. The van der Waals surface area contributed by atoms with Crippen LogP contribution in [0.25, 0.3) is 0 Å². The molecule has 5 unspecified atom stereocenters. The molecule has 1 amide bonds. The van der Waals surface area contributed by atoms with Crippen molar-refractivity contribution in [3.8, 4) is 6.07 Å². The first-order chi connectivity index (χ1) is 22.1. The second kappa shape index (κ2) is 14.8. The highest BCUT2D eigenvalue weighted by molar-refractivity contribution is 6.69. The van der Waals surface area contributed by atoms with E-state index in [9.17, 15) is 19.2 Å². The van der Waals surface area contributed by atoms with Crippen LogP contribution >= 0.6 is 0 Å². The van der Waals surface area contributed by atoms with Gasteiger partial charge in [-0.2, -0.15) is 5.26 Å². The fourth-order valence-electron chi connectivity index (χ4n) is 6.07. The molecule has 0 saturated carbocycles. The Kier molecular flexibility index (Phi) is 10.6. The number of carbonyl (C=O) groups excluding carboxylic acids is 2. The summed E-state index contributed by atoms with van der Waals surface area (Å²) in [6, 6.07) is 24.9. The summed E-state index contributed by atoms with van der Waals surface area (Å²) in [5.41, 5.74) is 3.00. The summed E-state index contributed by atoms with van der Waals surface area (Å²) < 4.78 is 26.6. The smallest absolute Gasteiger partial charge is 0.230 e. The SMILES string of the molecule is C[Si](C)(C)OC(CCC(C(=O)N1CCOC1C1C=CC=CC1=O)C(Nc1ccc(F)cc1)c1ccc(C#N)cc1)c1ccccc1. The summed E-state index contributed by atoms with van der Waals surface area (Å²) in [4.78, 5) is 29.4. The van der Waals surface area contributed by atoms with Crippen LogP contribution in [0.3, 0.4) is 0 Å². The van der Waals surface area contributed by atoms with Crippen LogP contribution in [-0.2, 0) is 18.8 Å². The number of carbonyl (C=O) groups is 2. The van der Waals surface area contributed by atoms with Gasteiger partial charge in [-0.15, -0.1) is 0 Å². The molecule has 3 aromatic rings. The Morgan fingerprint density at radius 3 is 2.39 bits per heavy atom. The van der Waals surface area contributed by atoms with Crippen molar-refractivity contribution < 1.29 is 23.1 Å². The van der Waals surface area contributed by atoms with Crippen LogP contribution in [0.15, 0.2) is 103 Å². The van der Waals surface area contributed by atoms with Crippen molar-refractivity contribution in [3.05, 3.63) is 126 Å². The minimum Gasteiger partial charge on any atom is -0.411 e. The number of nitriles is 1. The van der Waals surface area contributed by atoms with E-state index in [0.29, 0.717) is 37.2 Å². The predicted molar refractivity (Wildman–Crippen MR) is 178 cm³/mol. The number of nitrogens with one attached hydrogen (secondary N) is 1. The number of allylic oxidation sites excluding steroid dienone is 3. The highest BCUT2D eigenvalue weighted by atomic mass is 28.4. The van der Waals surface area contributed by atoms with Crippen molar-refractivity contribution in [1.82, 2.24) is 4.90 Å². The molecule has 1 N–H and O–H groups in total. The van der Waals surface area contributed by atoms with Crippen molar-refractivity contribution in [2.75, 3.05) is 18.5 Å². The normalized spacial score (nSPS) is 19.8. The average Bonchev–Trinajstić information content (AvgIpc) is 3.54. The Hall–Kier alpha value is -4.36. The Morgan fingerprint density at radius 2 is 1.74 bits per heavy atom. The molecule has 1 aliphatic carbocycles. The first-order valence-electron chi connectivity index (χ1n) is 15.7. The van der Waals surface area contributed by atoms with E-state index < -0.39 is 32.4 Å². The summed E-state index contributed by atoms with van der Waals surface area (Å²) in [5.74, 6) is -1.84. The molecule has 5 rings (SSSR count). The van der Waals surface area contributed by atoms with Gasteiger partial charge in [0.05, 0.1) is 42.2 Å². The van der Waals surface area contributed by atoms with Crippen molar-refractivity contribution in [2.24, 2.45) is 11.8 Å². The zero-order chi connectivity index (χ0) is 32.7. The van der Waals surface area contributed by atoms with Crippen LogP contribution in [0.2, 0.25) is 19.6 Å². The van der Waals surface area contributed by atoms with Crippen LogP contribution in [0, 0.1) is 29.0 Å². The summed E-state index contributed by atoms with van der Waals surface area (Å²) >= 11 is 0. The zero-order valence-electron chi connectivity index (χ0n) is 26.4. The fourth-order valence-corrected chi connectivity index (χ4v) is 7.18. The lowest BCUT2D eigenvalue weighted by molar-refractivity contribution is -0.145. The quantitative estimate of drug-likeness (QED) is 0.209. The van der Waals surface area contributed by atoms with E-state index in [0.717, 1.165) is 11.1 Å². The molecular weight excluding hydrogens is 598 g/mol. The molecule has 1 saturated heterocycles. The first kappa shape index (κ1) is 33.0. The van der Waals surface area contributed by atoms with Crippen LogP contribution < -0.4 is 5.32 Å². The number of ketones is 1. The lowest BCUT2D eigenvalue weighted by Crippen LogP contribution is -2.47. The molecular formula is C37H40FN3O4Si. The summed E-state index contributed by atoms with van der Waals surface area (Å²) in [5, 5.41) is 13.0. The molecule has 0 bridgehead atoms. The molecule has 7 nitrogen and oxygen atoms in total. The van der Waals surface area contributed by atoms with E-state index in [1.54, 1.807) is 41.3 Å². The molecule has 1 aliphatic heterocycles. The number of hydrogen-bond acceptors (Lipinski definition) is 6. The number of benzene rings is 3. The Morgan fingerprint density at radius 1 is 1.02 bits per heavy atom. The molecule has 3 aromatic carbocycles. The minimum absolute atomic E-state index is 0.107. The van der Waals surface area contributed by atoms with E-state index in [1.165, 1.54) is 18.2 Å². The lowest BCUT2D eigenvalue weighted by Gasteiger charge is -2.36. The van der Waals surface area contributed by atoms with Gasteiger partial charge >= 0.3 is 0 Å². The van der Waals surface area contributed by atoms with Crippen molar-refractivity contribution in [1.29, 1.82) is 5.26 Å². The number of ether oxygens (including phenoxy) is 1. The Labute approximate surface area is 271 Å². The van der Waals surface area contributed by atoms with Crippen LogP contribution in [0.4, 0.5) is 10.1 Å². The van der Waals surface area contributed by atoms with Gasteiger partial charge in [0.15, 0.2) is 14.1 Å². The maximum atomic E-state index is 14.8. The predicted octanol–water partition coefficient (Wildman–Crippen LogP) is 7.34. The monoisotopic (exact) mass is 637 g/mol. The number of rotatable bonds is 12. The van der Waals surface area contributed by atoms with Gasteiger partial charge in [0, 0.05) is 12.2 Å². The molecule has 9 heteroatoms. The largest absolute Gasteiger partial charge is 0.411 e. The second-order valence-corrected chi connectivity index (χ2v) is 17.1. The van der Waals surface area contributed by atoms with Crippen LogP contribution in [0.1, 0.15) is 41.7 Å². The third-order valence-corrected chi connectivity index (χ3v) is 9.22. The molecule has 0 spiro atoms. The Balaban J connectivity index is 1.54. The number of anilines is 1. The van der Waals surface area contributed by atoms with E-state index in [-0.39, 0.29) is 23.6 Å². The first-order valence-corrected chi connectivity index (χ1v) is 19.1. The van der Waals surface area contributed by atoms with Gasteiger partial charge in [-0.3, -0.25) is 9.59 Å². The van der Waals surface area contributed by atoms with E-state index in [4.69, 9.17) is 9.16 Å². The van der Waals surface area contributed by atoms with Gasteiger partial charge in [0.2, 0.25) is 5.91 Å². The average molecular weight is 638 g/mol. The number of halogens is 1. The van der Waals surface area contributed by atoms with Crippen molar-refractivity contribution in [2.45, 2.75) is 50.9 Å². The maximum absolute atomic E-state index is 14.8. The van der Waals surface area contributed by atoms with Gasteiger partial charge in [-0.25, -0.2) is 4.39 Å². The molecule has 2 aliphatic rings. The van der Waals surface area contributed by atoms with Gasteiger partial charge < -0.3 is 19.4 Å². The van der Waals surface area contributed by atoms with Crippen molar-refractivity contribution in [3.63, 3.8) is 0 Å². The Bertz CT molecular complexity index is 1600. The van der Waals surface area contributed by atoms with E-state index in [2.05, 4.69) is 43.2 Å². The van der Waals surface area contributed by atoms with Crippen molar-refractivity contribution >= 4 is 25.7 Å². The number of nitrogens with zero attached hydrogens (tertiary/aromatic N) is 2. The summed E-state index contributed by atoms with van der Waals surface area (Å²) in [7, 11) is -1.99. The molecule has 5 atom stereocenters. The lowest BCUT2D eigenvalue weighted by atomic mass is 9.85. The molecule has 46 heavy (non-hydrogen) atoms. The highest BCUT2D eigenvalue weighted by Crippen LogP contribution is 2.37. The molecule has 238 valence electrons. The van der Waals surface area contributed by atoms with Gasteiger partial charge in [0.1, 0.15) is 12.0 Å². The van der Waals surface area contributed by atoms with Gasteiger partial charge in [0.25, 0.3) is 0 Å². The third kappa shape index (κ3) is 8.26. The number of amides is 1. The minimum atomic E-state index is -1.99. The third-order valence-electron chi connectivity index (χ3n) is 8.23. The topological polar surface area (TPSA) is 91.7 Å². The molecule has 0 aromatic heterocycles. The van der Waals surface area contributed by atoms with Crippen LogP contribution in [0.5, 0.6) is 0 Å². The fraction of sp³-hybridized carbons (Fsp3) is 0.324. The van der Waals surface area contributed by atoms with E-state index >= 15 is 0 Å². The number of hydrogen-bond donors (Lipinski definition) is 1. The van der Waals surface area contributed by atoms with E-state index in [1.807, 2.05) is 36.4 Å². The molecule has 0 radical (unpaired) electrons. The highest BCUT2D eigenvalue weighted by Gasteiger charge is 2.43. The summed E-state index contributed by atoms with van der Waals surface area (Å²) in [6.07, 6.45) is 6.86. The second-order valence-electron chi connectivity index (χ2n) is 12.6. The summed E-state index contributed by atoms with van der Waals surface area (Å²) in [6.45, 7) is 7.12. The van der Waals surface area contributed by atoms with Gasteiger partial charge in [-0.1, -0.05) is 60.7 Å².